The van der Waals surface area contributed by atoms with Crippen molar-refractivity contribution in [1.82, 2.24) is 10.3 Å². The van der Waals surface area contributed by atoms with Crippen molar-refractivity contribution >= 4 is 5.69 Å². The van der Waals surface area contributed by atoms with Crippen molar-refractivity contribution in [3.63, 3.8) is 0 Å². The SMILES string of the molecule is COc1ccc2c(c1)C(O)(CNCc1cnccc1N(C)C)CCC2. The second kappa shape index (κ2) is 7.42. The summed E-state index contributed by atoms with van der Waals surface area (Å²) in [4.78, 5) is 6.30. The molecule has 2 aromatic rings. The van der Waals surface area contributed by atoms with Gasteiger partial charge in [0.2, 0.25) is 0 Å². The van der Waals surface area contributed by atoms with Crippen molar-refractivity contribution in [3.05, 3.63) is 53.3 Å². The number of hydrogen-bond acceptors (Lipinski definition) is 5. The molecule has 0 bridgehead atoms. The summed E-state index contributed by atoms with van der Waals surface area (Å²) in [6.45, 7) is 1.18. The number of nitrogens with one attached hydrogen (secondary N) is 1. The van der Waals surface area contributed by atoms with Gasteiger partial charge in [0, 0.05) is 50.8 Å². The Morgan fingerprint density at radius 1 is 1.32 bits per heavy atom. The Morgan fingerprint density at radius 3 is 2.92 bits per heavy atom. The van der Waals surface area contributed by atoms with E-state index < -0.39 is 5.60 Å². The average Bonchev–Trinajstić information content (AvgIpc) is 2.62. The van der Waals surface area contributed by atoms with E-state index in [1.165, 1.54) is 5.56 Å². The number of ether oxygens (including phenoxy) is 1. The van der Waals surface area contributed by atoms with Crippen LogP contribution in [0.1, 0.15) is 29.5 Å². The van der Waals surface area contributed by atoms with Crippen LogP contribution in [-0.2, 0) is 18.6 Å². The number of fused-ring (bicyclic) bond motifs is 1. The summed E-state index contributed by atoms with van der Waals surface area (Å²) in [7, 11) is 5.71. The summed E-state index contributed by atoms with van der Waals surface area (Å²) >= 11 is 0. The number of nitrogens with zero attached hydrogens (tertiary/aromatic N) is 2. The molecule has 1 aliphatic rings. The third-order valence-corrected chi connectivity index (χ3v) is 4.95. The predicted molar refractivity (Wildman–Crippen MR) is 100 cm³/mol. The van der Waals surface area contributed by atoms with Crippen LogP contribution in [0.4, 0.5) is 5.69 Å². The maximum Gasteiger partial charge on any atom is 0.119 e. The van der Waals surface area contributed by atoms with Crippen molar-refractivity contribution < 1.29 is 9.84 Å². The lowest BCUT2D eigenvalue weighted by Gasteiger charge is -2.35. The molecule has 1 atom stereocenters. The first kappa shape index (κ1) is 17.7. The minimum Gasteiger partial charge on any atom is -0.497 e. The summed E-state index contributed by atoms with van der Waals surface area (Å²) in [5, 5.41) is 14.7. The molecule has 1 heterocycles. The van der Waals surface area contributed by atoms with Gasteiger partial charge in [-0.3, -0.25) is 4.98 Å². The molecule has 1 aromatic heterocycles. The molecule has 0 aliphatic heterocycles. The number of aryl methyl sites for hydroxylation is 1. The van der Waals surface area contributed by atoms with Gasteiger partial charge in [0.05, 0.1) is 7.11 Å². The molecule has 0 radical (unpaired) electrons. The standard InChI is InChI=1S/C20H27N3O2/c1-23(2)19-8-10-21-12-16(19)13-22-14-20(24)9-4-5-15-6-7-17(25-3)11-18(15)20/h6-8,10-12,22,24H,4-5,9,13-14H2,1-3H3. The number of methoxy groups -OCH3 is 1. The van der Waals surface area contributed by atoms with Crippen molar-refractivity contribution in [1.29, 1.82) is 0 Å². The molecular weight excluding hydrogens is 314 g/mol. The maximum atomic E-state index is 11.3. The van der Waals surface area contributed by atoms with E-state index in [4.69, 9.17) is 4.74 Å². The zero-order chi connectivity index (χ0) is 17.9. The van der Waals surface area contributed by atoms with E-state index in [9.17, 15) is 5.11 Å². The van der Waals surface area contributed by atoms with Gasteiger partial charge in [0.25, 0.3) is 0 Å². The largest absolute Gasteiger partial charge is 0.497 e. The van der Waals surface area contributed by atoms with Crippen LogP contribution in [0, 0.1) is 0 Å². The molecule has 2 N–H and O–H groups in total. The smallest absolute Gasteiger partial charge is 0.119 e. The third-order valence-electron chi connectivity index (χ3n) is 4.95. The highest BCUT2D eigenvalue weighted by atomic mass is 16.5. The first-order valence-corrected chi connectivity index (χ1v) is 8.74. The number of rotatable bonds is 6. The van der Waals surface area contributed by atoms with Gasteiger partial charge in [-0.25, -0.2) is 0 Å². The number of aromatic nitrogens is 1. The fourth-order valence-corrected chi connectivity index (χ4v) is 3.62. The van der Waals surface area contributed by atoms with E-state index in [0.29, 0.717) is 13.1 Å². The molecule has 5 heteroatoms. The van der Waals surface area contributed by atoms with E-state index in [-0.39, 0.29) is 0 Å². The molecule has 0 saturated carbocycles. The van der Waals surface area contributed by atoms with E-state index in [0.717, 1.165) is 41.8 Å². The number of anilines is 1. The predicted octanol–water partition coefficient (Wildman–Crippen LogP) is 2.47. The summed E-state index contributed by atoms with van der Waals surface area (Å²) in [5.41, 5.74) is 3.61. The Kier molecular flexibility index (Phi) is 5.25. The monoisotopic (exact) mass is 341 g/mol. The van der Waals surface area contributed by atoms with Crippen molar-refractivity contribution in [2.75, 3.05) is 32.6 Å². The molecule has 25 heavy (non-hydrogen) atoms. The maximum absolute atomic E-state index is 11.3. The Balaban J connectivity index is 1.74. The van der Waals surface area contributed by atoms with Crippen LogP contribution in [0.25, 0.3) is 0 Å². The first-order chi connectivity index (χ1) is 12.0. The van der Waals surface area contributed by atoms with Crippen molar-refractivity contribution in [3.8, 4) is 5.75 Å². The Bertz CT molecular complexity index is 733. The summed E-state index contributed by atoms with van der Waals surface area (Å²) in [5.74, 6) is 0.793. The molecule has 1 unspecified atom stereocenters. The quantitative estimate of drug-likeness (QED) is 0.845. The fraction of sp³-hybridized carbons (Fsp3) is 0.450. The number of hydrogen-bond donors (Lipinski definition) is 2. The summed E-state index contributed by atoms with van der Waals surface area (Å²) in [6, 6.07) is 8.03. The van der Waals surface area contributed by atoms with Gasteiger partial charge < -0.3 is 20.1 Å². The lowest BCUT2D eigenvalue weighted by atomic mass is 9.79. The fourth-order valence-electron chi connectivity index (χ4n) is 3.62. The summed E-state index contributed by atoms with van der Waals surface area (Å²) in [6.07, 6.45) is 6.44. The lowest BCUT2D eigenvalue weighted by Crippen LogP contribution is -2.40. The lowest BCUT2D eigenvalue weighted by molar-refractivity contribution is 0.0187. The van der Waals surface area contributed by atoms with Gasteiger partial charge in [-0.05, 0) is 48.6 Å². The highest BCUT2D eigenvalue weighted by molar-refractivity contribution is 5.50. The molecule has 0 fully saturated rings. The van der Waals surface area contributed by atoms with Gasteiger partial charge in [-0.15, -0.1) is 0 Å². The second-order valence-electron chi connectivity index (χ2n) is 6.91. The summed E-state index contributed by atoms with van der Waals surface area (Å²) < 4.78 is 5.34. The minimum atomic E-state index is -0.859. The second-order valence-corrected chi connectivity index (χ2v) is 6.91. The average molecular weight is 341 g/mol. The number of pyridine rings is 1. The van der Waals surface area contributed by atoms with Crippen molar-refractivity contribution in [2.45, 2.75) is 31.4 Å². The first-order valence-electron chi connectivity index (χ1n) is 8.74. The van der Waals surface area contributed by atoms with E-state index in [2.05, 4.69) is 21.3 Å². The van der Waals surface area contributed by atoms with Crippen LogP contribution in [0.15, 0.2) is 36.7 Å². The molecular formula is C20H27N3O2. The molecule has 0 spiro atoms. The highest BCUT2D eigenvalue weighted by Gasteiger charge is 2.34. The Morgan fingerprint density at radius 2 is 2.16 bits per heavy atom. The van der Waals surface area contributed by atoms with Crippen LogP contribution in [0.3, 0.4) is 0 Å². The zero-order valence-corrected chi connectivity index (χ0v) is 15.2. The van der Waals surface area contributed by atoms with Gasteiger partial charge in [-0.2, -0.15) is 0 Å². The third kappa shape index (κ3) is 3.78. The van der Waals surface area contributed by atoms with Crippen LogP contribution < -0.4 is 15.0 Å². The number of aliphatic hydroxyl groups is 1. The van der Waals surface area contributed by atoms with Crippen LogP contribution in [0.2, 0.25) is 0 Å². The zero-order valence-electron chi connectivity index (χ0n) is 15.2. The van der Waals surface area contributed by atoms with E-state index in [1.807, 2.05) is 38.5 Å². The van der Waals surface area contributed by atoms with Gasteiger partial charge >= 0.3 is 0 Å². The van der Waals surface area contributed by atoms with Gasteiger partial charge in [-0.1, -0.05) is 6.07 Å². The van der Waals surface area contributed by atoms with Crippen LogP contribution in [-0.4, -0.2) is 37.8 Å². The van der Waals surface area contributed by atoms with Crippen LogP contribution in [0.5, 0.6) is 5.75 Å². The topological polar surface area (TPSA) is 57.6 Å². The van der Waals surface area contributed by atoms with Gasteiger partial charge in [0.15, 0.2) is 0 Å². The van der Waals surface area contributed by atoms with Gasteiger partial charge in [0.1, 0.15) is 11.4 Å². The molecule has 0 saturated heterocycles. The Hall–Kier alpha value is -2.11. The van der Waals surface area contributed by atoms with E-state index in [1.54, 1.807) is 13.3 Å². The van der Waals surface area contributed by atoms with Crippen LogP contribution >= 0.6 is 0 Å². The van der Waals surface area contributed by atoms with Crippen molar-refractivity contribution in [2.24, 2.45) is 0 Å². The molecule has 1 aromatic carbocycles. The molecule has 0 amide bonds. The minimum absolute atomic E-state index is 0.509. The Labute approximate surface area is 149 Å². The number of benzene rings is 1. The molecule has 1 aliphatic carbocycles. The highest BCUT2D eigenvalue weighted by Crippen LogP contribution is 2.37. The normalized spacial score (nSPS) is 19.4. The van der Waals surface area contributed by atoms with E-state index >= 15 is 0 Å². The molecule has 3 rings (SSSR count). The molecule has 134 valence electrons. The molecule has 5 nitrogen and oxygen atoms in total.